The molecule has 2 fully saturated rings. The number of benzene rings is 3. The van der Waals surface area contributed by atoms with Crippen molar-refractivity contribution in [2.45, 2.75) is 44.7 Å². The molecule has 0 bridgehead atoms. The monoisotopic (exact) mass is 579 g/mol. The van der Waals surface area contributed by atoms with Crippen LogP contribution in [-0.4, -0.2) is 43.0 Å². The number of anilines is 1. The van der Waals surface area contributed by atoms with E-state index in [0.717, 1.165) is 98.4 Å². The number of hydrogen-bond donors (Lipinski definition) is 1. The lowest BCUT2D eigenvalue weighted by Crippen LogP contribution is -2.43. The molecular formula is C32H32ClF2N3OS. The van der Waals surface area contributed by atoms with Crippen LogP contribution in [-0.2, 0) is 6.54 Å². The molecule has 1 aromatic heterocycles. The smallest absolute Gasteiger partial charge is 0.266 e. The lowest BCUT2D eigenvalue weighted by molar-refractivity contribution is 0.0619. The molecule has 1 saturated carbocycles. The number of hydrogen-bond acceptors (Lipinski definition) is 4. The Morgan fingerprint density at radius 3 is 2.40 bits per heavy atom. The van der Waals surface area contributed by atoms with Gasteiger partial charge in [0.2, 0.25) is 0 Å². The minimum Gasteiger partial charge on any atom is -0.369 e. The van der Waals surface area contributed by atoms with Crippen molar-refractivity contribution < 1.29 is 13.6 Å². The van der Waals surface area contributed by atoms with Crippen LogP contribution in [0.1, 0.15) is 47.3 Å². The van der Waals surface area contributed by atoms with E-state index in [2.05, 4.69) is 46.6 Å². The molecule has 6 rings (SSSR count). The lowest BCUT2D eigenvalue weighted by atomic mass is 9.93. The Balaban J connectivity index is 1.29. The first-order valence-electron chi connectivity index (χ1n) is 14.0. The molecule has 0 spiro atoms. The van der Waals surface area contributed by atoms with Crippen molar-refractivity contribution >= 4 is 44.6 Å². The third-order valence-corrected chi connectivity index (χ3v) is 9.79. The van der Waals surface area contributed by atoms with Crippen LogP contribution in [0.25, 0.3) is 21.2 Å². The van der Waals surface area contributed by atoms with Gasteiger partial charge in [-0.1, -0.05) is 61.2 Å². The molecule has 0 unspecified atom stereocenters. The van der Waals surface area contributed by atoms with E-state index in [9.17, 15) is 13.6 Å². The van der Waals surface area contributed by atoms with Gasteiger partial charge in [0.25, 0.3) is 5.91 Å². The number of carbonyl (C=O) groups excluding carboxylic acids is 1. The first-order chi connectivity index (χ1) is 19.5. The number of amides is 1. The van der Waals surface area contributed by atoms with Gasteiger partial charge in [-0.2, -0.15) is 0 Å². The van der Waals surface area contributed by atoms with Gasteiger partial charge in [0.05, 0.1) is 15.1 Å². The van der Waals surface area contributed by atoms with Crippen molar-refractivity contribution in [2.75, 3.05) is 31.1 Å². The molecule has 1 saturated heterocycles. The summed E-state index contributed by atoms with van der Waals surface area (Å²) in [4.78, 5) is 18.5. The average molecular weight is 580 g/mol. The Hall–Kier alpha value is -3.00. The Bertz CT molecular complexity index is 1510. The maximum Gasteiger partial charge on any atom is 0.266 e. The van der Waals surface area contributed by atoms with Crippen molar-refractivity contribution in [1.29, 1.82) is 0 Å². The SMILES string of the molecule is O=C(c1sc2c(F)ccc(F)c2c1Cl)N(Cc1cccc(-c2ccc(N3CCNCC3)cc2)c1)C1CCCCC1. The van der Waals surface area contributed by atoms with Crippen LogP contribution in [0.3, 0.4) is 0 Å². The largest absolute Gasteiger partial charge is 0.369 e. The first kappa shape index (κ1) is 27.2. The van der Waals surface area contributed by atoms with Gasteiger partial charge in [-0.15, -0.1) is 11.3 Å². The highest BCUT2D eigenvalue weighted by Gasteiger charge is 2.31. The van der Waals surface area contributed by atoms with E-state index < -0.39 is 11.6 Å². The number of rotatable bonds is 6. The third-order valence-electron chi connectivity index (χ3n) is 8.12. The summed E-state index contributed by atoms with van der Waals surface area (Å²) in [5.74, 6) is -1.44. The highest BCUT2D eigenvalue weighted by atomic mass is 35.5. The predicted octanol–water partition coefficient (Wildman–Crippen LogP) is 7.88. The van der Waals surface area contributed by atoms with E-state index in [0.29, 0.717) is 6.54 Å². The molecule has 2 heterocycles. The molecule has 1 amide bonds. The highest BCUT2D eigenvalue weighted by molar-refractivity contribution is 7.21. The number of piperazine rings is 1. The van der Waals surface area contributed by atoms with E-state index in [1.54, 1.807) is 0 Å². The molecule has 40 heavy (non-hydrogen) atoms. The van der Waals surface area contributed by atoms with E-state index in [1.165, 1.54) is 5.69 Å². The maximum absolute atomic E-state index is 14.6. The average Bonchev–Trinajstić information content (AvgIpc) is 3.37. The molecule has 1 aliphatic heterocycles. The molecule has 0 atom stereocenters. The van der Waals surface area contributed by atoms with Crippen molar-refractivity contribution in [2.24, 2.45) is 0 Å². The van der Waals surface area contributed by atoms with Crippen LogP contribution in [0.2, 0.25) is 5.02 Å². The summed E-state index contributed by atoms with van der Waals surface area (Å²) in [5, 5.41) is 3.38. The lowest BCUT2D eigenvalue weighted by Gasteiger charge is -2.34. The fraction of sp³-hybridized carbons (Fsp3) is 0.344. The number of thiophene rings is 1. The summed E-state index contributed by atoms with van der Waals surface area (Å²) in [6.07, 6.45) is 5.07. The number of nitrogens with zero attached hydrogens (tertiary/aromatic N) is 2. The van der Waals surface area contributed by atoms with Gasteiger partial charge < -0.3 is 15.1 Å². The van der Waals surface area contributed by atoms with Gasteiger partial charge in [-0.25, -0.2) is 8.78 Å². The van der Waals surface area contributed by atoms with Crippen molar-refractivity contribution in [1.82, 2.24) is 10.2 Å². The second-order valence-electron chi connectivity index (χ2n) is 10.7. The summed E-state index contributed by atoms with van der Waals surface area (Å²) in [5.41, 5.74) is 4.44. The van der Waals surface area contributed by atoms with E-state index >= 15 is 0 Å². The molecule has 3 aromatic carbocycles. The van der Waals surface area contributed by atoms with Crippen LogP contribution in [0.15, 0.2) is 60.7 Å². The first-order valence-corrected chi connectivity index (χ1v) is 15.2. The van der Waals surface area contributed by atoms with Crippen LogP contribution >= 0.6 is 22.9 Å². The Kier molecular flexibility index (Phi) is 8.05. The summed E-state index contributed by atoms with van der Waals surface area (Å²) < 4.78 is 29.2. The molecule has 4 nitrogen and oxygen atoms in total. The molecule has 8 heteroatoms. The molecule has 4 aromatic rings. The van der Waals surface area contributed by atoms with Crippen LogP contribution in [0, 0.1) is 11.6 Å². The molecule has 208 valence electrons. The van der Waals surface area contributed by atoms with E-state index in [-0.39, 0.29) is 31.9 Å². The van der Waals surface area contributed by atoms with E-state index in [1.807, 2.05) is 17.0 Å². The van der Waals surface area contributed by atoms with Crippen molar-refractivity contribution in [3.8, 4) is 11.1 Å². The quantitative estimate of drug-likeness (QED) is 0.252. The van der Waals surface area contributed by atoms with Gasteiger partial charge in [-0.3, -0.25) is 4.79 Å². The summed E-state index contributed by atoms with van der Waals surface area (Å²) in [6, 6.07) is 19.1. The summed E-state index contributed by atoms with van der Waals surface area (Å²) in [6.45, 7) is 4.41. The minimum absolute atomic E-state index is 0.00105. The molecule has 2 aliphatic rings. The number of nitrogens with one attached hydrogen (secondary N) is 1. The zero-order valence-electron chi connectivity index (χ0n) is 22.3. The number of fused-ring (bicyclic) bond motifs is 1. The highest BCUT2D eigenvalue weighted by Crippen LogP contribution is 2.40. The zero-order valence-corrected chi connectivity index (χ0v) is 23.8. The Labute approximate surface area is 242 Å². The van der Waals surface area contributed by atoms with Crippen LogP contribution < -0.4 is 10.2 Å². The van der Waals surface area contributed by atoms with Gasteiger partial charge >= 0.3 is 0 Å². The zero-order chi connectivity index (χ0) is 27.6. The molecule has 1 aliphatic carbocycles. The maximum atomic E-state index is 14.6. The van der Waals surface area contributed by atoms with Gasteiger partial charge in [0.15, 0.2) is 0 Å². The van der Waals surface area contributed by atoms with E-state index in [4.69, 9.17) is 11.6 Å². The standard InChI is InChI=1S/C32H32ClF2N3OS/c33-29-28-26(34)13-14-27(35)30(28)40-31(29)32(39)38(25-7-2-1-3-8-25)20-21-5-4-6-23(19-21)22-9-11-24(12-10-22)37-17-15-36-16-18-37/h4-6,9-14,19,25,36H,1-3,7-8,15-18,20H2. The minimum atomic E-state index is -0.614. The van der Waals surface area contributed by atoms with Crippen molar-refractivity contribution in [3.05, 3.63) is 87.8 Å². The van der Waals surface area contributed by atoms with Gasteiger partial charge in [0, 0.05) is 44.5 Å². The summed E-state index contributed by atoms with van der Waals surface area (Å²) in [7, 11) is 0. The van der Waals surface area contributed by atoms with Crippen LogP contribution in [0.5, 0.6) is 0 Å². The normalized spacial score (nSPS) is 16.4. The molecular weight excluding hydrogens is 548 g/mol. The second kappa shape index (κ2) is 11.9. The van der Waals surface area contributed by atoms with Gasteiger partial charge in [-0.05, 0) is 59.9 Å². The third kappa shape index (κ3) is 5.47. The second-order valence-corrected chi connectivity index (χ2v) is 12.1. The Morgan fingerprint density at radius 2 is 1.68 bits per heavy atom. The van der Waals surface area contributed by atoms with Gasteiger partial charge in [0.1, 0.15) is 16.5 Å². The number of carbonyl (C=O) groups is 1. The molecule has 0 radical (unpaired) electrons. The fourth-order valence-corrected chi connectivity index (χ4v) is 7.46. The Morgan fingerprint density at radius 1 is 0.950 bits per heavy atom. The van der Waals surface area contributed by atoms with Crippen LogP contribution in [0.4, 0.5) is 14.5 Å². The predicted molar refractivity (Wildman–Crippen MR) is 160 cm³/mol. The molecule has 1 N–H and O–H groups in total. The topological polar surface area (TPSA) is 35.6 Å². The van der Waals surface area contributed by atoms with Crippen molar-refractivity contribution in [3.63, 3.8) is 0 Å². The summed E-state index contributed by atoms with van der Waals surface area (Å²) >= 11 is 7.48. The number of halogens is 3. The fourth-order valence-electron chi connectivity index (χ4n) is 5.96.